The maximum Gasteiger partial charge on any atom is 0.306 e. The minimum atomic E-state index is -0.802. The molecule has 0 bridgehead atoms. The van der Waals surface area contributed by atoms with Gasteiger partial charge >= 0.3 is 11.9 Å². The molecule has 6 nitrogen and oxygen atoms in total. The summed E-state index contributed by atoms with van der Waals surface area (Å²) in [5.41, 5.74) is 0. The molecule has 3 atom stereocenters. The molecule has 0 saturated carbocycles. The molecule has 1 saturated heterocycles. The zero-order chi connectivity index (χ0) is 35.6. The van der Waals surface area contributed by atoms with E-state index in [4.69, 9.17) is 14.2 Å². The van der Waals surface area contributed by atoms with E-state index in [0.717, 1.165) is 50.9 Å². The van der Waals surface area contributed by atoms with Crippen LogP contribution < -0.4 is 0 Å². The predicted molar refractivity (Wildman–Crippen MR) is 205 cm³/mol. The van der Waals surface area contributed by atoms with Gasteiger partial charge in [-0.3, -0.25) is 9.59 Å². The van der Waals surface area contributed by atoms with Gasteiger partial charge in [-0.25, -0.2) is 0 Å². The first kappa shape index (κ1) is 45.1. The summed E-state index contributed by atoms with van der Waals surface area (Å²) in [5, 5.41) is 9.56. The third-order valence-electron chi connectivity index (χ3n) is 9.27. The number of epoxide rings is 1. The third kappa shape index (κ3) is 30.6. The van der Waals surface area contributed by atoms with Gasteiger partial charge in [0.05, 0.1) is 18.8 Å². The number of aliphatic hydroxyl groups excluding tert-OH is 1. The SMILES string of the molecule is CCCCC/C=C\CC1OC1C/C=C\C/C=C\CCCC(=O)O[C@@H](CO)COC(=O)CCCCCCCCCCCCCCCCC(C)C. The number of rotatable bonds is 35. The molecular weight excluding hydrogens is 612 g/mol. The Labute approximate surface area is 301 Å². The number of hydrogen-bond acceptors (Lipinski definition) is 6. The zero-order valence-corrected chi connectivity index (χ0v) is 32.1. The van der Waals surface area contributed by atoms with E-state index in [9.17, 15) is 14.7 Å². The number of ether oxygens (including phenoxy) is 3. The fourth-order valence-electron chi connectivity index (χ4n) is 6.01. The number of carbonyl (C=O) groups excluding carboxylic acids is 2. The molecule has 0 aromatic rings. The number of esters is 2. The van der Waals surface area contributed by atoms with Crippen molar-refractivity contribution in [2.75, 3.05) is 13.2 Å². The van der Waals surface area contributed by atoms with Crippen molar-refractivity contribution in [3.63, 3.8) is 0 Å². The summed E-state index contributed by atoms with van der Waals surface area (Å²) in [6, 6.07) is 0. The van der Waals surface area contributed by atoms with Crippen molar-refractivity contribution in [2.24, 2.45) is 5.92 Å². The largest absolute Gasteiger partial charge is 0.462 e. The Morgan fingerprint density at radius 1 is 0.633 bits per heavy atom. The minimum absolute atomic E-state index is 0.0894. The molecule has 0 radical (unpaired) electrons. The molecule has 6 heteroatoms. The summed E-state index contributed by atoms with van der Waals surface area (Å²) in [5.74, 6) is 0.188. The normalized spacial score (nSPS) is 16.8. The van der Waals surface area contributed by atoms with Gasteiger partial charge in [0.1, 0.15) is 6.61 Å². The van der Waals surface area contributed by atoms with E-state index in [1.165, 1.54) is 103 Å². The smallest absolute Gasteiger partial charge is 0.306 e. The molecule has 0 aromatic heterocycles. The Bertz CT molecular complexity index is 862. The quantitative estimate of drug-likeness (QED) is 0.0309. The van der Waals surface area contributed by atoms with Crippen LogP contribution in [-0.4, -0.2) is 48.6 Å². The summed E-state index contributed by atoms with van der Waals surface area (Å²) in [7, 11) is 0. The topological polar surface area (TPSA) is 85.4 Å². The number of hydrogen-bond donors (Lipinski definition) is 1. The van der Waals surface area contributed by atoms with E-state index >= 15 is 0 Å². The van der Waals surface area contributed by atoms with E-state index in [-0.39, 0.29) is 31.6 Å². The maximum absolute atomic E-state index is 12.2. The van der Waals surface area contributed by atoms with E-state index < -0.39 is 6.10 Å². The second-order valence-electron chi connectivity index (χ2n) is 14.6. The minimum Gasteiger partial charge on any atom is -0.462 e. The van der Waals surface area contributed by atoms with Crippen molar-refractivity contribution < 1.29 is 28.9 Å². The summed E-state index contributed by atoms with van der Waals surface area (Å²) in [6.07, 6.45) is 42.4. The molecule has 49 heavy (non-hydrogen) atoms. The molecule has 1 heterocycles. The average Bonchev–Trinajstić information content (AvgIpc) is 3.84. The van der Waals surface area contributed by atoms with Crippen LogP contribution in [0.4, 0.5) is 0 Å². The van der Waals surface area contributed by atoms with Crippen LogP contribution in [0.25, 0.3) is 0 Å². The first-order valence-corrected chi connectivity index (χ1v) is 20.5. The highest BCUT2D eigenvalue weighted by Crippen LogP contribution is 2.29. The fourth-order valence-corrected chi connectivity index (χ4v) is 6.01. The van der Waals surface area contributed by atoms with Crippen LogP contribution in [0.3, 0.4) is 0 Å². The van der Waals surface area contributed by atoms with Crippen LogP contribution in [0, 0.1) is 5.92 Å². The van der Waals surface area contributed by atoms with Gasteiger partial charge in [-0.1, -0.05) is 160 Å². The van der Waals surface area contributed by atoms with Crippen molar-refractivity contribution >= 4 is 11.9 Å². The van der Waals surface area contributed by atoms with Gasteiger partial charge in [0.25, 0.3) is 0 Å². The van der Waals surface area contributed by atoms with E-state index in [2.05, 4.69) is 57.2 Å². The van der Waals surface area contributed by atoms with Gasteiger partial charge < -0.3 is 19.3 Å². The standard InChI is InChI=1S/C43H76O6/c1-4-5-6-7-22-27-32-40-41(49-40)33-28-23-18-16-20-25-30-35-43(46)48-39(36-44)37-47-42(45)34-29-24-19-15-13-11-9-8-10-12-14-17-21-26-31-38(2)3/h16,20,22-23,27-28,38-41,44H,4-15,17-19,21,24-26,29-37H2,1-3H3/b20-16-,27-22-,28-23-/t39-,40?,41?/m0/s1. The lowest BCUT2D eigenvalue weighted by atomic mass is 10.0. The lowest BCUT2D eigenvalue weighted by Gasteiger charge is -2.15. The second kappa shape index (κ2) is 33.2. The van der Waals surface area contributed by atoms with Crippen molar-refractivity contribution in [2.45, 2.75) is 206 Å². The van der Waals surface area contributed by atoms with Gasteiger partial charge in [-0.15, -0.1) is 0 Å². The monoisotopic (exact) mass is 689 g/mol. The van der Waals surface area contributed by atoms with Crippen LogP contribution in [0.5, 0.6) is 0 Å². The summed E-state index contributed by atoms with van der Waals surface area (Å²) in [4.78, 5) is 24.3. The fraction of sp³-hybridized carbons (Fsp3) is 0.814. The molecule has 0 aliphatic carbocycles. The Morgan fingerprint density at radius 2 is 1.14 bits per heavy atom. The van der Waals surface area contributed by atoms with Crippen LogP contribution in [0.1, 0.15) is 188 Å². The van der Waals surface area contributed by atoms with Crippen LogP contribution in [-0.2, 0) is 23.8 Å². The molecule has 0 amide bonds. The van der Waals surface area contributed by atoms with Gasteiger partial charge in [0.2, 0.25) is 0 Å². The number of aliphatic hydroxyl groups is 1. The molecule has 284 valence electrons. The van der Waals surface area contributed by atoms with Crippen LogP contribution >= 0.6 is 0 Å². The molecule has 2 unspecified atom stereocenters. The second-order valence-corrected chi connectivity index (χ2v) is 14.6. The van der Waals surface area contributed by atoms with Crippen molar-refractivity contribution in [1.82, 2.24) is 0 Å². The summed E-state index contributed by atoms with van der Waals surface area (Å²) in [6.45, 7) is 6.41. The Hall–Kier alpha value is -1.92. The number of unbranched alkanes of at least 4 members (excludes halogenated alkanes) is 17. The zero-order valence-electron chi connectivity index (χ0n) is 32.1. The van der Waals surface area contributed by atoms with E-state index in [0.29, 0.717) is 25.0 Å². The highest BCUT2D eigenvalue weighted by atomic mass is 16.6. The van der Waals surface area contributed by atoms with Gasteiger partial charge in [-0.2, -0.15) is 0 Å². The molecule has 1 aliphatic heterocycles. The number of allylic oxidation sites excluding steroid dienone is 4. The van der Waals surface area contributed by atoms with E-state index in [1.54, 1.807) is 0 Å². The first-order valence-electron chi connectivity index (χ1n) is 20.5. The molecule has 1 fully saturated rings. The lowest BCUT2D eigenvalue weighted by molar-refractivity contribution is -0.161. The third-order valence-corrected chi connectivity index (χ3v) is 9.27. The Balaban J connectivity index is 1.91. The average molecular weight is 689 g/mol. The molecule has 0 spiro atoms. The van der Waals surface area contributed by atoms with Crippen LogP contribution in [0.2, 0.25) is 0 Å². The first-order chi connectivity index (χ1) is 24.0. The van der Waals surface area contributed by atoms with Gasteiger partial charge in [0, 0.05) is 12.8 Å². The molecule has 1 aliphatic rings. The number of carbonyl (C=O) groups is 2. The van der Waals surface area contributed by atoms with E-state index in [1.807, 2.05) is 0 Å². The summed E-state index contributed by atoms with van der Waals surface area (Å²) < 4.78 is 16.3. The molecule has 1 N–H and O–H groups in total. The van der Waals surface area contributed by atoms with Crippen molar-refractivity contribution in [3.8, 4) is 0 Å². The Morgan fingerprint density at radius 3 is 1.73 bits per heavy atom. The highest BCUT2D eigenvalue weighted by molar-refractivity contribution is 5.70. The van der Waals surface area contributed by atoms with Gasteiger partial charge in [0.15, 0.2) is 6.10 Å². The lowest BCUT2D eigenvalue weighted by Crippen LogP contribution is -2.28. The maximum atomic E-state index is 12.2. The predicted octanol–water partition coefficient (Wildman–Crippen LogP) is 11.7. The van der Waals surface area contributed by atoms with Gasteiger partial charge in [-0.05, 0) is 57.3 Å². The van der Waals surface area contributed by atoms with Crippen molar-refractivity contribution in [1.29, 1.82) is 0 Å². The molecule has 1 rings (SSSR count). The molecule has 0 aromatic carbocycles. The summed E-state index contributed by atoms with van der Waals surface area (Å²) >= 11 is 0. The molecular formula is C43H76O6. The Kier molecular flexibility index (Phi) is 30.6. The highest BCUT2D eigenvalue weighted by Gasteiger charge is 2.35. The van der Waals surface area contributed by atoms with Crippen molar-refractivity contribution in [3.05, 3.63) is 36.5 Å². The van der Waals surface area contributed by atoms with Crippen LogP contribution in [0.15, 0.2) is 36.5 Å².